The summed E-state index contributed by atoms with van der Waals surface area (Å²) in [7, 11) is 0. The molecule has 168 valence electrons. The first kappa shape index (κ1) is 23.3. The number of ether oxygens (including phenoxy) is 1. The number of phenolic OH excluding ortho intramolecular Hbond substituents is 1. The zero-order valence-corrected chi connectivity index (χ0v) is 17.6. The van der Waals surface area contributed by atoms with Gasteiger partial charge in [-0.1, -0.05) is 30.3 Å². The number of nitrogens with one attached hydrogen (secondary N) is 1. The molecule has 0 radical (unpaired) electrons. The molecular formula is C22H20F2N2O5S. The Balaban J connectivity index is 1.48. The number of carbonyl (C=O) groups excluding carboxylic acids is 3. The Morgan fingerprint density at radius 2 is 1.88 bits per heavy atom. The summed E-state index contributed by atoms with van der Waals surface area (Å²) in [5, 5.41) is 11.9. The van der Waals surface area contributed by atoms with Crippen LogP contribution < -0.4 is 10.1 Å². The Morgan fingerprint density at radius 1 is 1.16 bits per heavy atom. The van der Waals surface area contributed by atoms with Crippen LogP contribution in [0, 0.1) is 0 Å². The van der Waals surface area contributed by atoms with Gasteiger partial charge in [0, 0.05) is 19.5 Å². The van der Waals surface area contributed by atoms with E-state index >= 15 is 0 Å². The predicted molar refractivity (Wildman–Crippen MR) is 115 cm³/mol. The molecule has 1 fully saturated rings. The molecule has 2 N–H and O–H groups in total. The number of carbonyl (C=O) groups is 3. The fourth-order valence-electron chi connectivity index (χ4n) is 2.96. The smallest absolute Gasteiger partial charge is 0.387 e. The van der Waals surface area contributed by atoms with Crippen molar-refractivity contribution in [2.24, 2.45) is 0 Å². The van der Waals surface area contributed by atoms with Crippen LogP contribution >= 0.6 is 11.8 Å². The number of aryl methyl sites for hydroxylation is 1. The summed E-state index contributed by atoms with van der Waals surface area (Å²) in [6.07, 6.45) is 2.01. The Morgan fingerprint density at radius 3 is 2.56 bits per heavy atom. The van der Waals surface area contributed by atoms with Crippen molar-refractivity contribution in [1.82, 2.24) is 10.2 Å². The third-order valence-corrected chi connectivity index (χ3v) is 5.45. The largest absolute Gasteiger partial charge is 0.508 e. The molecule has 3 amide bonds. The molecule has 2 aromatic rings. The van der Waals surface area contributed by atoms with Gasteiger partial charge in [-0.2, -0.15) is 8.78 Å². The Labute approximate surface area is 187 Å². The van der Waals surface area contributed by atoms with E-state index in [9.17, 15) is 28.3 Å². The van der Waals surface area contributed by atoms with Crippen LogP contribution in [0.5, 0.6) is 11.5 Å². The Kier molecular flexibility index (Phi) is 7.82. The predicted octanol–water partition coefficient (Wildman–Crippen LogP) is 3.78. The van der Waals surface area contributed by atoms with E-state index in [1.54, 1.807) is 24.3 Å². The minimum absolute atomic E-state index is 0.0107. The number of para-hydroxylation sites is 1. The SMILES string of the molecule is O=C(CCc1ccccc1O)NCCN1C(=O)S/C(=C\c2ccc(OC(F)F)cc2)C1=O. The van der Waals surface area contributed by atoms with Gasteiger partial charge < -0.3 is 15.2 Å². The summed E-state index contributed by atoms with van der Waals surface area (Å²) in [5.74, 6) is -0.636. The molecular weight excluding hydrogens is 442 g/mol. The first-order valence-corrected chi connectivity index (χ1v) is 10.5. The number of hydrogen-bond donors (Lipinski definition) is 2. The number of benzene rings is 2. The maximum atomic E-state index is 12.5. The first-order chi connectivity index (χ1) is 15.3. The van der Waals surface area contributed by atoms with Crippen LogP contribution in [-0.4, -0.2) is 46.8 Å². The summed E-state index contributed by atoms with van der Waals surface area (Å²) >= 11 is 0.766. The van der Waals surface area contributed by atoms with E-state index in [1.807, 2.05) is 0 Å². The van der Waals surface area contributed by atoms with Crippen LogP contribution in [0.4, 0.5) is 13.6 Å². The molecule has 32 heavy (non-hydrogen) atoms. The number of rotatable bonds is 9. The van der Waals surface area contributed by atoms with Gasteiger partial charge in [-0.25, -0.2) is 0 Å². The van der Waals surface area contributed by atoms with E-state index < -0.39 is 17.8 Å². The van der Waals surface area contributed by atoms with Crippen molar-refractivity contribution in [2.75, 3.05) is 13.1 Å². The Hall–Kier alpha value is -3.40. The summed E-state index contributed by atoms with van der Waals surface area (Å²) in [6, 6.07) is 12.4. The average molecular weight is 462 g/mol. The molecule has 10 heteroatoms. The summed E-state index contributed by atoms with van der Waals surface area (Å²) in [5.41, 5.74) is 1.21. The van der Waals surface area contributed by atoms with Crippen LogP contribution in [0.3, 0.4) is 0 Å². The lowest BCUT2D eigenvalue weighted by Gasteiger charge is -2.13. The normalized spacial score (nSPS) is 15.0. The zero-order valence-electron chi connectivity index (χ0n) is 16.8. The van der Waals surface area contributed by atoms with Gasteiger partial charge in [0.15, 0.2) is 0 Å². The highest BCUT2D eigenvalue weighted by Crippen LogP contribution is 2.32. The standard InChI is InChI=1S/C22H20F2N2O5S/c23-21(24)31-16-8-5-14(6-9-16)13-18-20(29)26(22(30)32-18)12-11-25-19(28)10-7-15-3-1-2-4-17(15)27/h1-6,8-9,13,21,27H,7,10-12H2,(H,25,28)/b18-13-. The molecule has 1 aliphatic rings. The molecule has 0 aromatic heterocycles. The number of imide groups is 1. The van der Waals surface area contributed by atoms with E-state index in [4.69, 9.17) is 0 Å². The molecule has 1 saturated heterocycles. The average Bonchev–Trinajstić information content (AvgIpc) is 3.01. The molecule has 0 saturated carbocycles. The van der Waals surface area contributed by atoms with Gasteiger partial charge in [0.05, 0.1) is 4.91 Å². The number of hydrogen-bond acceptors (Lipinski definition) is 6. The highest BCUT2D eigenvalue weighted by atomic mass is 32.2. The molecule has 2 aromatic carbocycles. The van der Waals surface area contributed by atoms with Crippen molar-refractivity contribution in [3.63, 3.8) is 0 Å². The minimum atomic E-state index is -2.93. The molecule has 0 spiro atoms. The van der Waals surface area contributed by atoms with Crippen LogP contribution in [0.25, 0.3) is 6.08 Å². The molecule has 0 aliphatic carbocycles. The molecule has 0 unspecified atom stereocenters. The quantitative estimate of drug-likeness (QED) is 0.551. The lowest BCUT2D eigenvalue weighted by atomic mass is 10.1. The molecule has 0 bridgehead atoms. The van der Waals surface area contributed by atoms with Crippen molar-refractivity contribution in [3.8, 4) is 11.5 Å². The van der Waals surface area contributed by atoms with Crippen molar-refractivity contribution in [1.29, 1.82) is 0 Å². The number of halogens is 2. The highest BCUT2D eigenvalue weighted by molar-refractivity contribution is 8.18. The van der Waals surface area contributed by atoms with E-state index in [2.05, 4.69) is 10.1 Å². The van der Waals surface area contributed by atoms with E-state index in [0.29, 0.717) is 17.5 Å². The zero-order chi connectivity index (χ0) is 23.1. The number of nitrogens with zero attached hydrogens (tertiary/aromatic N) is 1. The van der Waals surface area contributed by atoms with E-state index in [0.717, 1.165) is 16.7 Å². The number of alkyl halides is 2. The topological polar surface area (TPSA) is 95.9 Å². The summed E-state index contributed by atoms with van der Waals surface area (Å²) < 4.78 is 28.7. The van der Waals surface area contributed by atoms with E-state index in [-0.39, 0.29) is 41.8 Å². The van der Waals surface area contributed by atoms with Crippen LogP contribution in [-0.2, 0) is 16.0 Å². The number of phenols is 1. The van der Waals surface area contributed by atoms with Gasteiger partial charge in [-0.05, 0) is 53.6 Å². The van der Waals surface area contributed by atoms with Crippen LogP contribution in [0.2, 0.25) is 0 Å². The first-order valence-electron chi connectivity index (χ1n) is 9.67. The third kappa shape index (κ3) is 6.30. The summed E-state index contributed by atoms with van der Waals surface area (Å²) in [6.45, 7) is -2.81. The fraction of sp³-hybridized carbons (Fsp3) is 0.227. The Bertz CT molecular complexity index is 1030. The molecule has 1 heterocycles. The van der Waals surface area contributed by atoms with Gasteiger partial charge in [-0.3, -0.25) is 19.3 Å². The monoisotopic (exact) mass is 462 g/mol. The minimum Gasteiger partial charge on any atom is -0.508 e. The molecule has 7 nitrogen and oxygen atoms in total. The van der Waals surface area contributed by atoms with Crippen LogP contribution in [0.1, 0.15) is 17.5 Å². The highest BCUT2D eigenvalue weighted by Gasteiger charge is 2.34. The maximum absolute atomic E-state index is 12.5. The third-order valence-electron chi connectivity index (χ3n) is 4.55. The number of thioether (sulfide) groups is 1. The van der Waals surface area contributed by atoms with Gasteiger partial charge in [0.2, 0.25) is 5.91 Å². The lowest BCUT2D eigenvalue weighted by molar-refractivity contribution is -0.124. The van der Waals surface area contributed by atoms with Gasteiger partial charge in [0.1, 0.15) is 11.5 Å². The van der Waals surface area contributed by atoms with Gasteiger partial charge in [0.25, 0.3) is 11.1 Å². The number of amides is 3. The second-order valence-electron chi connectivity index (χ2n) is 6.76. The molecule has 3 rings (SSSR count). The van der Waals surface area contributed by atoms with E-state index in [1.165, 1.54) is 30.3 Å². The second kappa shape index (κ2) is 10.8. The van der Waals surface area contributed by atoms with Crippen LogP contribution in [0.15, 0.2) is 53.4 Å². The van der Waals surface area contributed by atoms with Crippen molar-refractivity contribution in [2.45, 2.75) is 19.5 Å². The number of aromatic hydroxyl groups is 1. The maximum Gasteiger partial charge on any atom is 0.387 e. The van der Waals surface area contributed by atoms with Gasteiger partial charge >= 0.3 is 6.61 Å². The second-order valence-corrected chi connectivity index (χ2v) is 7.75. The van der Waals surface area contributed by atoms with Crippen molar-refractivity contribution >= 4 is 34.9 Å². The van der Waals surface area contributed by atoms with Crippen molar-refractivity contribution < 1.29 is 33.0 Å². The van der Waals surface area contributed by atoms with Gasteiger partial charge in [-0.15, -0.1) is 0 Å². The fourth-order valence-corrected chi connectivity index (χ4v) is 3.82. The van der Waals surface area contributed by atoms with Crippen molar-refractivity contribution in [3.05, 3.63) is 64.6 Å². The molecule has 0 atom stereocenters. The summed E-state index contributed by atoms with van der Waals surface area (Å²) in [4.78, 5) is 37.9. The molecule has 1 aliphatic heterocycles. The lowest BCUT2D eigenvalue weighted by Crippen LogP contribution is -2.37.